The van der Waals surface area contributed by atoms with E-state index in [9.17, 15) is 14.7 Å². The zero-order chi connectivity index (χ0) is 15.9. The van der Waals surface area contributed by atoms with Crippen LogP contribution in [0.4, 0.5) is 4.79 Å². The molecule has 5 heteroatoms. The molecule has 1 atom stereocenters. The number of carboxylic acid groups (broad SMARTS) is 1. The van der Waals surface area contributed by atoms with E-state index in [-0.39, 0.29) is 18.6 Å². The second-order valence-electron chi connectivity index (χ2n) is 6.59. The Hall–Kier alpha value is -1.26. The average molecular weight is 298 g/mol. The van der Waals surface area contributed by atoms with Crippen LogP contribution in [0.5, 0.6) is 0 Å². The monoisotopic (exact) mass is 298 g/mol. The van der Waals surface area contributed by atoms with Crippen molar-refractivity contribution in [1.82, 2.24) is 10.6 Å². The van der Waals surface area contributed by atoms with Crippen molar-refractivity contribution in [3.8, 4) is 0 Å². The Morgan fingerprint density at radius 3 is 2.14 bits per heavy atom. The number of carboxylic acids is 1. The Morgan fingerprint density at radius 2 is 1.71 bits per heavy atom. The van der Waals surface area contributed by atoms with Gasteiger partial charge in [-0.1, -0.05) is 46.5 Å². The predicted molar refractivity (Wildman–Crippen MR) is 83.2 cm³/mol. The SMILES string of the molecule is CCC(NC(=O)NCC1(C(=O)O)CCCCCC1)C(C)C. The Kier molecular flexibility index (Phi) is 6.99. The maximum absolute atomic E-state index is 12.0. The van der Waals surface area contributed by atoms with Crippen molar-refractivity contribution >= 4 is 12.0 Å². The van der Waals surface area contributed by atoms with Gasteiger partial charge >= 0.3 is 12.0 Å². The summed E-state index contributed by atoms with van der Waals surface area (Å²) in [7, 11) is 0. The van der Waals surface area contributed by atoms with Crippen LogP contribution < -0.4 is 10.6 Å². The van der Waals surface area contributed by atoms with Crippen LogP contribution in [0.3, 0.4) is 0 Å². The minimum Gasteiger partial charge on any atom is -0.481 e. The smallest absolute Gasteiger partial charge is 0.315 e. The van der Waals surface area contributed by atoms with Crippen LogP contribution in [-0.2, 0) is 4.79 Å². The highest BCUT2D eigenvalue weighted by atomic mass is 16.4. The highest BCUT2D eigenvalue weighted by Gasteiger charge is 2.38. The highest BCUT2D eigenvalue weighted by molar-refractivity contribution is 5.78. The summed E-state index contributed by atoms with van der Waals surface area (Å²) in [5, 5.41) is 15.3. The molecule has 5 nitrogen and oxygen atoms in total. The molecule has 0 radical (unpaired) electrons. The van der Waals surface area contributed by atoms with Crippen LogP contribution >= 0.6 is 0 Å². The van der Waals surface area contributed by atoms with E-state index in [1.54, 1.807) is 0 Å². The average Bonchev–Trinajstić information content (AvgIpc) is 2.68. The molecule has 0 aliphatic heterocycles. The molecule has 122 valence electrons. The molecule has 0 saturated heterocycles. The first-order chi connectivity index (χ1) is 9.91. The van der Waals surface area contributed by atoms with Gasteiger partial charge in [-0.25, -0.2) is 4.79 Å². The Labute approximate surface area is 127 Å². The summed E-state index contributed by atoms with van der Waals surface area (Å²) in [5.41, 5.74) is -0.784. The lowest BCUT2D eigenvalue weighted by Crippen LogP contribution is -2.49. The molecule has 21 heavy (non-hydrogen) atoms. The van der Waals surface area contributed by atoms with Crippen LogP contribution in [0, 0.1) is 11.3 Å². The number of carbonyl (C=O) groups excluding carboxylic acids is 1. The largest absolute Gasteiger partial charge is 0.481 e. The van der Waals surface area contributed by atoms with Gasteiger partial charge in [0.15, 0.2) is 0 Å². The highest BCUT2D eigenvalue weighted by Crippen LogP contribution is 2.34. The minimum absolute atomic E-state index is 0.125. The normalized spacial score (nSPS) is 19.6. The molecule has 3 N–H and O–H groups in total. The molecule has 0 spiro atoms. The molecule has 1 aliphatic rings. The summed E-state index contributed by atoms with van der Waals surface area (Å²) >= 11 is 0. The van der Waals surface area contributed by atoms with Crippen molar-refractivity contribution in [2.45, 2.75) is 71.8 Å². The van der Waals surface area contributed by atoms with Gasteiger partial charge in [-0.05, 0) is 25.2 Å². The van der Waals surface area contributed by atoms with E-state index >= 15 is 0 Å². The molecule has 0 bridgehead atoms. The molecule has 0 aromatic carbocycles. The van der Waals surface area contributed by atoms with Crippen LogP contribution in [0.1, 0.15) is 65.7 Å². The van der Waals surface area contributed by atoms with Gasteiger partial charge in [0, 0.05) is 12.6 Å². The van der Waals surface area contributed by atoms with Crippen molar-refractivity contribution < 1.29 is 14.7 Å². The fourth-order valence-electron chi connectivity index (χ4n) is 3.08. The van der Waals surface area contributed by atoms with Crippen molar-refractivity contribution in [2.24, 2.45) is 11.3 Å². The molecule has 0 aromatic heterocycles. The zero-order valence-corrected chi connectivity index (χ0v) is 13.6. The van der Waals surface area contributed by atoms with Crippen molar-refractivity contribution in [2.75, 3.05) is 6.54 Å². The molecule has 0 aromatic rings. The third-order valence-electron chi connectivity index (χ3n) is 4.66. The summed E-state index contributed by atoms with van der Waals surface area (Å²) in [5.74, 6) is -0.410. The second kappa shape index (κ2) is 8.25. The third kappa shape index (κ3) is 5.21. The number of amides is 2. The van der Waals surface area contributed by atoms with E-state index in [1.165, 1.54) is 0 Å². The van der Waals surface area contributed by atoms with Gasteiger partial charge in [0.25, 0.3) is 0 Å². The fraction of sp³-hybridized carbons (Fsp3) is 0.875. The summed E-state index contributed by atoms with van der Waals surface area (Å²) in [6.45, 7) is 6.40. The molecule has 1 rings (SSSR count). The quantitative estimate of drug-likeness (QED) is 0.659. The first-order valence-electron chi connectivity index (χ1n) is 8.19. The Morgan fingerprint density at radius 1 is 1.14 bits per heavy atom. The first kappa shape index (κ1) is 17.8. The van der Waals surface area contributed by atoms with Gasteiger partial charge < -0.3 is 15.7 Å². The third-order valence-corrected chi connectivity index (χ3v) is 4.66. The minimum atomic E-state index is -0.784. The number of hydrogen-bond donors (Lipinski definition) is 3. The second-order valence-corrected chi connectivity index (χ2v) is 6.59. The Balaban J connectivity index is 2.56. The van der Waals surface area contributed by atoms with E-state index in [0.29, 0.717) is 18.8 Å². The van der Waals surface area contributed by atoms with Crippen molar-refractivity contribution in [1.29, 1.82) is 0 Å². The van der Waals surface area contributed by atoms with Gasteiger partial charge in [-0.15, -0.1) is 0 Å². The van der Waals surface area contributed by atoms with Crippen LogP contribution in [0.2, 0.25) is 0 Å². The molecule has 1 aliphatic carbocycles. The lowest BCUT2D eigenvalue weighted by Gasteiger charge is -2.29. The van der Waals surface area contributed by atoms with Gasteiger partial charge in [0.1, 0.15) is 0 Å². The molecular weight excluding hydrogens is 268 g/mol. The number of hydrogen-bond acceptors (Lipinski definition) is 2. The number of carbonyl (C=O) groups is 2. The van der Waals surface area contributed by atoms with E-state index in [2.05, 4.69) is 24.5 Å². The van der Waals surface area contributed by atoms with E-state index in [4.69, 9.17) is 0 Å². The molecule has 1 unspecified atom stereocenters. The molecule has 0 heterocycles. The topological polar surface area (TPSA) is 78.4 Å². The maximum atomic E-state index is 12.0. The van der Waals surface area contributed by atoms with Gasteiger partial charge in [0.05, 0.1) is 5.41 Å². The fourth-order valence-corrected chi connectivity index (χ4v) is 3.08. The predicted octanol–water partition coefficient (Wildman–Crippen LogP) is 3.15. The van der Waals surface area contributed by atoms with E-state index in [1.807, 2.05) is 6.92 Å². The Bertz CT molecular complexity index is 347. The molecule has 1 saturated carbocycles. The summed E-state index contributed by atoms with van der Waals surface area (Å²) in [6.07, 6.45) is 6.22. The number of urea groups is 1. The molecular formula is C16H30N2O3. The zero-order valence-electron chi connectivity index (χ0n) is 13.6. The van der Waals surface area contributed by atoms with Gasteiger partial charge in [0.2, 0.25) is 0 Å². The number of nitrogens with one attached hydrogen (secondary N) is 2. The number of rotatable bonds is 6. The molecule has 2 amide bonds. The number of aliphatic carboxylic acids is 1. The van der Waals surface area contributed by atoms with Gasteiger partial charge in [-0.3, -0.25) is 4.79 Å². The van der Waals surface area contributed by atoms with E-state index < -0.39 is 11.4 Å². The summed E-state index contributed by atoms with van der Waals surface area (Å²) in [6, 6.07) is -0.125. The maximum Gasteiger partial charge on any atom is 0.315 e. The van der Waals surface area contributed by atoms with Crippen LogP contribution in [0.25, 0.3) is 0 Å². The van der Waals surface area contributed by atoms with Crippen LogP contribution in [-0.4, -0.2) is 29.7 Å². The van der Waals surface area contributed by atoms with Crippen molar-refractivity contribution in [3.05, 3.63) is 0 Å². The van der Waals surface area contributed by atoms with Gasteiger partial charge in [-0.2, -0.15) is 0 Å². The summed E-state index contributed by atoms with van der Waals surface area (Å²) < 4.78 is 0. The summed E-state index contributed by atoms with van der Waals surface area (Å²) in [4.78, 5) is 23.7. The van der Waals surface area contributed by atoms with Crippen LogP contribution in [0.15, 0.2) is 0 Å². The lowest BCUT2D eigenvalue weighted by atomic mass is 9.80. The van der Waals surface area contributed by atoms with Crippen molar-refractivity contribution in [3.63, 3.8) is 0 Å². The first-order valence-corrected chi connectivity index (χ1v) is 8.19. The molecule has 1 fully saturated rings. The van der Waals surface area contributed by atoms with E-state index in [0.717, 1.165) is 32.1 Å². The standard InChI is InChI=1S/C16H30N2O3/c1-4-13(12(2)3)18-15(21)17-11-16(14(19)20)9-7-5-6-8-10-16/h12-13H,4-11H2,1-3H3,(H,19,20)(H2,17,18,21). The lowest BCUT2D eigenvalue weighted by molar-refractivity contribution is -0.149.